The predicted octanol–water partition coefficient (Wildman–Crippen LogP) is 0.846. The number of nitrogens with zero attached hydrogens (tertiary/aromatic N) is 1. The van der Waals surface area contributed by atoms with Gasteiger partial charge < -0.3 is 15.3 Å². The van der Waals surface area contributed by atoms with E-state index in [1.807, 2.05) is 6.07 Å². The zero-order valence-corrected chi connectivity index (χ0v) is 9.06. The van der Waals surface area contributed by atoms with E-state index in [1.165, 1.54) is 5.69 Å². The molecule has 1 aliphatic heterocycles. The molecule has 1 aliphatic rings. The summed E-state index contributed by atoms with van der Waals surface area (Å²) in [6.45, 7) is 4.23. The summed E-state index contributed by atoms with van der Waals surface area (Å²) in [5.74, 6) is 0. The quantitative estimate of drug-likeness (QED) is 0.753. The van der Waals surface area contributed by atoms with Gasteiger partial charge in [-0.25, -0.2) is 0 Å². The molecule has 1 saturated heterocycles. The SMILES string of the molecule is CC1CN(c2ccccc2)CC(CO)N1. The highest BCUT2D eigenvalue weighted by Crippen LogP contribution is 2.16. The van der Waals surface area contributed by atoms with Gasteiger partial charge in [0.15, 0.2) is 0 Å². The van der Waals surface area contributed by atoms with Crippen LogP contribution in [0.15, 0.2) is 30.3 Å². The van der Waals surface area contributed by atoms with Crippen molar-refractivity contribution in [1.29, 1.82) is 0 Å². The van der Waals surface area contributed by atoms with Crippen LogP contribution in [0.25, 0.3) is 0 Å². The lowest BCUT2D eigenvalue weighted by Gasteiger charge is -2.38. The first-order valence-corrected chi connectivity index (χ1v) is 5.46. The van der Waals surface area contributed by atoms with Gasteiger partial charge in [0, 0.05) is 30.9 Å². The van der Waals surface area contributed by atoms with Gasteiger partial charge >= 0.3 is 0 Å². The molecule has 2 atom stereocenters. The summed E-state index contributed by atoms with van der Waals surface area (Å²) in [4.78, 5) is 2.32. The van der Waals surface area contributed by atoms with E-state index in [9.17, 15) is 5.11 Å². The molecule has 1 aromatic carbocycles. The molecule has 82 valence electrons. The topological polar surface area (TPSA) is 35.5 Å². The average molecular weight is 206 g/mol. The van der Waals surface area contributed by atoms with Gasteiger partial charge in [-0.1, -0.05) is 18.2 Å². The van der Waals surface area contributed by atoms with Crippen molar-refractivity contribution in [3.05, 3.63) is 30.3 Å². The Morgan fingerprint density at radius 3 is 2.73 bits per heavy atom. The molecule has 1 fully saturated rings. The number of para-hydroxylation sites is 1. The molecule has 2 rings (SSSR count). The molecule has 15 heavy (non-hydrogen) atoms. The maximum Gasteiger partial charge on any atom is 0.0602 e. The third-order valence-electron chi connectivity index (χ3n) is 2.80. The average Bonchev–Trinajstić information content (AvgIpc) is 2.29. The normalized spacial score (nSPS) is 26.7. The monoisotopic (exact) mass is 206 g/mol. The number of benzene rings is 1. The first-order chi connectivity index (χ1) is 7.29. The van der Waals surface area contributed by atoms with Crippen LogP contribution in [0, 0.1) is 0 Å². The lowest BCUT2D eigenvalue weighted by atomic mass is 10.1. The lowest BCUT2D eigenvalue weighted by Crippen LogP contribution is -2.56. The van der Waals surface area contributed by atoms with E-state index >= 15 is 0 Å². The molecule has 0 amide bonds. The first-order valence-electron chi connectivity index (χ1n) is 5.46. The summed E-state index contributed by atoms with van der Waals surface area (Å²) in [5, 5.41) is 12.6. The zero-order chi connectivity index (χ0) is 10.7. The minimum atomic E-state index is 0.189. The summed E-state index contributed by atoms with van der Waals surface area (Å²) in [7, 11) is 0. The number of rotatable bonds is 2. The Bertz CT molecular complexity index is 302. The van der Waals surface area contributed by atoms with E-state index in [-0.39, 0.29) is 12.6 Å². The van der Waals surface area contributed by atoms with Crippen molar-refractivity contribution in [2.24, 2.45) is 0 Å². The minimum Gasteiger partial charge on any atom is -0.395 e. The number of anilines is 1. The molecule has 1 aromatic rings. The predicted molar refractivity (Wildman–Crippen MR) is 62.1 cm³/mol. The van der Waals surface area contributed by atoms with Crippen molar-refractivity contribution in [1.82, 2.24) is 5.32 Å². The summed E-state index contributed by atoms with van der Waals surface area (Å²) >= 11 is 0. The van der Waals surface area contributed by atoms with Crippen LogP contribution < -0.4 is 10.2 Å². The fraction of sp³-hybridized carbons (Fsp3) is 0.500. The number of hydrogen-bond acceptors (Lipinski definition) is 3. The molecule has 0 radical (unpaired) electrons. The summed E-state index contributed by atoms with van der Waals surface area (Å²) in [6.07, 6.45) is 0. The van der Waals surface area contributed by atoms with Gasteiger partial charge in [0.1, 0.15) is 0 Å². The Balaban J connectivity index is 2.09. The smallest absolute Gasteiger partial charge is 0.0602 e. The molecular formula is C12H18N2O. The highest BCUT2D eigenvalue weighted by Gasteiger charge is 2.23. The fourth-order valence-electron chi connectivity index (χ4n) is 2.14. The lowest BCUT2D eigenvalue weighted by molar-refractivity contribution is 0.221. The summed E-state index contributed by atoms with van der Waals surface area (Å²) < 4.78 is 0. The van der Waals surface area contributed by atoms with Crippen LogP contribution in [0.5, 0.6) is 0 Å². The summed E-state index contributed by atoms with van der Waals surface area (Å²) in [5.41, 5.74) is 1.24. The van der Waals surface area contributed by atoms with E-state index in [0.717, 1.165) is 13.1 Å². The second-order valence-electron chi connectivity index (χ2n) is 4.19. The molecule has 0 bridgehead atoms. The molecule has 0 aromatic heterocycles. The Morgan fingerprint density at radius 1 is 1.33 bits per heavy atom. The standard InChI is InChI=1S/C12H18N2O/c1-10-7-14(8-11(9-15)13-10)12-5-3-2-4-6-12/h2-6,10-11,13,15H,7-9H2,1H3. The van der Waals surface area contributed by atoms with Gasteiger partial charge in [-0.15, -0.1) is 0 Å². The van der Waals surface area contributed by atoms with Crippen LogP contribution in [-0.2, 0) is 0 Å². The minimum absolute atomic E-state index is 0.189. The Kier molecular flexibility index (Phi) is 3.23. The molecule has 3 nitrogen and oxygen atoms in total. The van der Waals surface area contributed by atoms with Crippen molar-refractivity contribution in [3.8, 4) is 0 Å². The Hall–Kier alpha value is -1.06. The van der Waals surface area contributed by atoms with Crippen molar-refractivity contribution in [2.75, 3.05) is 24.6 Å². The van der Waals surface area contributed by atoms with Crippen LogP contribution in [0.2, 0.25) is 0 Å². The van der Waals surface area contributed by atoms with Crippen LogP contribution >= 0.6 is 0 Å². The second kappa shape index (κ2) is 4.64. The summed E-state index contributed by atoms with van der Waals surface area (Å²) in [6, 6.07) is 11.0. The third kappa shape index (κ3) is 2.49. The molecule has 0 aliphatic carbocycles. The van der Waals surface area contributed by atoms with Crippen LogP contribution in [0.1, 0.15) is 6.92 Å². The van der Waals surface area contributed by atoms with Gasteiger partial charge in [0.25, 0.3) is 0 Å². The number of aliphatic hydroxyl groups is 1. The van der Waals surface area contributed by atoms with Gasteiger partial charge in [-0.05, 0) is 19.1 Å². The van der Waals surface area contributed by atoms with Gasteiger partial charge in [0.05, 0.1) is 6.61 Å². The molecule has 2 unspecified atom stereocenters. The van der Waals surface area contributed by atoms with Gasteiger partial charge in [0.2, 0.25) is 0 Å². The van der Waals surface area contributed by atoms with Gasteiger partial charge in [-0.3, -0.25) is 0 Å². The van der Waals surface area contributed by atoms with Gasteiger partial charge in [-0.2, -0.15) is 0 Å². The fourth-order valence-corrected chi connectivity index (χ4v) is 2.14. The molecule has 0 spiro atoms. The number of hydrogen-bond donors (Lipinski definition) is 2. The number of piperazine rings is 1. The molecule has 1 heterocycles. The van der Waals surface area contributed by atoms with E-state index in [1.54, 1.807) is 0 Å². The maximum atomic E-state index is 9.18. The van der Waals surface area contributed by atoms with Crippen molar-refractivity contribution < 1.29 is 5.11 Å². The number of aliphatic hydroxyl groups excluding tert-OH is 1. The Morgan fingerprint density at radius 2 is 2.07 bits per heavy atom. The van der Waals surface area contributed by atoms with Crippen molar-refractivity contribution in [3.63, 3.8) is 0 Å². The highest BCUT2D eigenvalue weighted by molar-refractivity contribution is 5.46. The molecular weight excluding hydrogens is 188 g/mol. The highest BCUT2D eigenvalue weighted by atomic mass is 16.3. The van der Waals surface area contributed by atoms with Crippen LogP contribution in [0.3, 0.4) is 0 Å². The second-order valence-corrected chi connectivity index (χ2v) is 4.19. The van der Waals surface area contributed by atoms with Crippen LogP contribution in [-0.4, -0.2) is 36.9 Å². The van der Waals surface area contributed by atoms with Crippen molar-refractivity contribution in [2.45, 2.75) is 19.0 Å². The van der Waals surface area contributed by atoms with Crippen molar-refractivity contribution >= 4 is 5.69 Å². The van der Waals surface area contributed by atoms with E-state index < -0.39 is 0 Å². The molecule has 2 N–H and O–H groups in total. The number of nitrogens with one attached hydrogen (secondary N) is 1. The van der Waals surface area contributed by atoms with Crippen LogP contribution in [0.4, 0.5) is 5.69 Å². The Labute approximate surface area is 90.7 Å². The van der Waals surface area contributed by atoms with E-state index in [2.05, 4.69) is 41.4 Å². The molecule has 0 saturated carbocycles. The maximum absolute atomic E-state index is 9.18. The van der Waals surface area contributed by atoms with E-state index in [4.69, 9.17) is 0 Å². The molecule has 3 heteroatoms. The largest absolute Gasteiger partial charge is 0.395 e. The third-order valence-corrected chi connectivity index (χ3v) is 2.80. The van der Waals surface area contributed by atoms with E-state index in [0.29, 0.717) is 6.04 Å². The first kappa shape index (κ1) is 10.5. The zero-order valence-electron chi connectivity index (χ0n) is 9.06.